The van der Waals surface area contributed by atoms with Crippen molar-refractivity contribution < 1.29 is 23.1 Å². The summed E-state index contributed by atoms with van der Waals surface area (Å²) >= 11 is 10.3. The largest absolute Gasteiger partial charge is 0.755 e. The van der Waals surface area contributed by atoms with Crippen molar-refractivity contribution in [2.75, 3.05) is 30.5 Å². The highest BCUT2D eigenvalue weighted by atomic mass is 35.5. The van der Waals surface area contributed by atoms with Gasteiger partial charge in [-0.05, 0) is 32.0 Å². The molecule has 13 nitrogen and oxygen atoms in total. The second-order valence-corrected chi connectivity index (χ2v) is 10.3. The third-order valence-corrected chi connectivity index (χ3v) is 7.37. The minimum absolute atomic E-state index is 0.00429. The van der Waals surface area contributed by atoms with Crippen LogP contribution < -0.4 is 15.6 Å². The third kappa shape index (κ3) is 7.48. The number of amides is 1. The van der Waals surface area contributed by atoms with E-state index < -0.39 is 47.5 Å². The first-order valence-electron chi connectivity index (χ1n) is 10.9. The van der Waals surface area contributed by atoms with Gasteiger partial charge in [0.2, 0.25) is 11.0 Å². The minimum atomic E-state index is -2.81. The molecular weight excluding hydrogens is 583 g/mol. The second kappa shape index (κ2) is 13.1. The summed E-state index contributed by atoms with van der Waals surface area (Å²) < 4.78 is 30.8. The highest BCUT2D eigenvalue weighted by molar-refractivity contribution is 7.80. The standard InChI is InChI=1S/C21H22Cl2N6O7S2/c1-3-36-17(31)11-27(16(30)10-28-9-12(2)18(32)24-20(28)33)6-7-29(38(34)35)21-26-25-19(37-21)14-5-4-13(22)8-15(14)23/h4-5,8-9H,3,6-7,10-11H2,1-2H3,(H,34,35)(H,24,32,33)/p-1. The number of hydrogen-bond donors (Lipinski definition) is 1. The van der Waals surface area contributed by atoms with Crippen molar-refractivity contribution in [1.82, 2.24) is 24.6 Å². The van der Waals surface area contributed by atoms with E-state index in [1.807, 2.05) is 0 Å². The monoisotopic (exact) mass is 603 g/mol. The van der Waals surface area contributed by atoms with Gasteiger partial charge in [0, 0.05) is 40.2 Å². The van der Waals surface area contributed by atoms with Gasteiger partial charge in [0.1, 0.15) is 13.1 Å². The van der Waals surface area contributed by atoms with Crippen LogP contribution in [0.2, 0.25) is 10.0 Å². The molecule has 0 saturated carbocycles. The Balaban J connectivity index is 1.81. The molecule has 1 aromatic carbocycles. The maximum Gasteiger partial charge on any atom is 0.328 e. The molecule has 1 atom stereocenters. The van der Waals surface area contributed by atoms with Crippen LogP contribution in [0.3, 0.4) is 0 Å². The average Bonchev–Trinajstić information content (AvgIpc) is 3.31. The summed E-state index contributed by atoms with van der Waals surface area (Å²) in [6, 6.07) is 4.73. The lowest BCUT2D eigenvalue weighted by Gasteiger charge is -2.27. The van der Waals surface area contributed by atoms with Gasteiger partial charge in [0.25, 0.3) is 5.56 Å². The Morgan fingerprint density at radius 2 is 1.97 bits per heavy atom. The number of aromatic nitrogens is 4. The third-order valence-electron chi connectivity index (χ3n) is 5.01. The number of aromatic amines is 1. The number of halogens is 2. The Morgan fingerprint density at radius 3 is 2.63 bits per heavy atom. The van der Waals surface area contributed by atoms with Crippen molar-refractivity contribution in [2.24, 2.45) is 0 Å². The van der Waals surface area contributed by atoms with Crippen LogP contribution in [0.15, 0.2) is 34.0 Å². The molecule has 0 spiro atoms. The van der Waals surface area contributed by atoms with E-state index >= 15 is 0 Å². The highest BCUT2D eigenvalue weighted by Gasteiger charge is 2.22. The molecule has 1 amide bonds. The molecule has 0 saturated heterocycles. The Bertz CT molecular complexity index is 1470. The number of benzene rings is 1. The fraction of sp³-hybridized carbons (Fsp3) is 0.333. The van der Waals surface area contributed by atoms with Crippen LogP contribution in [0, 0.1) is 6.92 Å². The molecule has 0 aliphatic carbocycles. The van der Waals surface area contributed by atoms with Crippen LogP contribution in [0.25, 0.3) is 10.6 Å². The maximum atomic E-state index is 13.0. The molecule has 0 aliphatic heterocycles. The highest BCUT2D eigenvalue weighted by Crippen LogP contribution is 2.34. The van der Waals surface area contributed by atoms with Crippen LogP contribution in [-0.4, -0.2) is 71.5 Å². The van der Waals surface area contributed by atoms with Crippen LogP contribution in [0.1, 0.15) is 12.5 Å². The van der Waals surface area contributed by atoms with Crippen molar-refractivity contribution in [3.63, 3.8) is 0 Å². The summed E-state index contributed by atoms with van der Waals surface area (Å²) in [6.07, 6.45) is 1.21. The van der Waals surface area contributed by atoms with Crippen molar-refractivity contribution in [2.45, 2.75) is 20.4 Å². The lowest BCUT2D eigenvalue weighted by molar-refractivity contribution is -0.149. The number of rotatable bonds is 11. The van der Waals surface area contributed by atoms with Gasteiger partial charge in [-0.3, -0.25) is 32.4 Å². The molecule has 3 aromatic rings. The summed E-state index contributed by atoms with van der Waals surface area (Å²) in [5.74, 6) is -1.41. The first-order chi connectivity index (χ1) is 18.0. The number of ether oxygens (including phenoxy) is 1. The van der Waals surface area contributed by atoms with Crippen LogP contribution in [0.5, 0.6) is 0 Å². The number of carbonyl (C=O) groups is 2. The van der Waals surface area contributed by atoms with Gasteiger partial charge in [-0.15, -0.1) is 10.2 Å². The minimum Gasteiger partial charge on any atom is -0.755 e. The molecule has 0 bridgehead atoms. The van der Waals surface area contributed by atoms with Crippen LogP contribution in [0.4, 0.5) is 5.13 Å². The average molecular weight is 604 g/mol. The molecule has 1 unspecified atom stereocenters. The fourth-order valence-electron chi connectivity index (χ4n) is 3.17. The normalized spacial score (nSPS) is 11.7. The zero-order chi connectivity index (χ0) is 28.0. The Hall–Kier alpha value is -3.11. The number of nitrogens with one attached hydrogen (secondary N) is 1. The van der Waals surface area contributed by atoms with Gasteiger partial charge in [-0.25, -0.2) is 4.79 Å². The molecular formula is C21H21Cl2N6O7S2-. The van der Waals surface area contributed by atoms with Gasteiger partial charge >= 0.3 is 11.7 Å². The Morgan fingerprint density at radius 1 is 1.24 bits per heavy atom. The summed E-state index contributed by atoms with van der Waals surface area (Å²) in [4.78, 5) is 52.0. The number of H-pyrrole nitrogens is 1. The number of carbonyl (C=O) groups excluding carboxylic acids is 2. The molecule has 2 aromatic heterocycles. The molecule has 17 heteroatoms. The first kappa shape index (κ1) is 29.4. The quantitative estimate of drug-likeness (QED) is 0.251. The lowest BCUT2D eigenvalue weighted by Crippen LogP contribution is -2.45. The number of nitrogens with zero attached hydrogens (tertiary/aromatic N) is 5. The van der Waals surface area contributed by atoms with E-state index in [9.17, 15) is 27.9 Å². The van der Waals surface area contributed by atoms with Crippen LogP contribution in [-0.2, 0) is 32.1 Å². The maximum absolute atomic E-state index is 13.0. The molecule has 0 radical (unpaired) electrons. The summed E-state index contributed by atoms with van der Waals surface area (Å²) in [5, 5.41) is 8.97. The Kier molecular flexibility index (Phi) is 10.2. The van der Waals surface area contributed by atoms with E-state index in [4.69, 9.17) is 27.9 Å². The topological polar surface area (TPSA) is 171 Å². The van der Waals surface area contributed by atoms with Gasteiger partial charge in [0.05, 0.1) is 18.2 Å². The van der Waals surface area contributed by atoms with Crippen molar-refractivity contribution in [1.29, 1.82) is 0 Å². The molecule has 0 aliphatic rings. The summed E-state index contributed by atoms with van der Waals surface area (Å²) in [7, 11) is 0. The van der Waals surface area contributed by atoms with Crippen molar-refractivity contribution in [3.05, 3.63) is 60.8 Å². The summed E-state index contributed by atoms with van der Waals surface area (Å²) in [6.45, 7) is 1.58. The lowest BCUT2D eigenvalue weighted by atomic mass is 10.2. The number of anilines is 1. The first-order valence-corrected chi connectivity index (χ1v) is 13.5. The van der Waals surface area contributed by atoms with E-state index in [1.165, 1.54) is 19.2 Å². The van der Waals surface area contributed by atoms with Gasteiger partial charge in [-0.2, -0.15) is 0 Å². The fourth-order valence-corrected chi connectivity index (χ4v) is 5.23. The molecule has 3 rings (SSSR count). The predicted octanol–water partition coefficient (Wildman–Crippen LogP) is 1.36. The van der Waals surface area contributed by atoms with E-state index in [0.717, 1.165) is 25.1 Å². The Labute approximate surface area is 232 Å². The van der Waals surface area contributed by atoms with E-state index in [-0.39, 0.29) is 30.4 Å². The smallest absolute Gasteiger partial charge is 0.328 e. The predicted molar refractivity (Wildman–Crippen MR) is 141 cm³/mol. The second-order valence-electron chi connectivity index (χ2n) is 7.65. The molecule has 1 N–H and O–H groups in total. The SMILES string of the molecule is CCOC(=O)CN(CCN(c1nnc(-c2ccc(Cl)cc2Cl)s1)S(=O)[O-])C(=O)Cn1cc(C)c(=O)[nH]c1=O. The van der Waals surface area contributed by atoms with Gasteiger partial charge < -0.3 is 14.2 Å². The zero-order valence-electron chi connectivity index (χ0n) is 20.0. The van der Waals surface area contributed by atoms with Gasteiger partial charge in [0.15, 0.2) is 5.01 Å². The number of hydrogen-bond acceptors (Lipinski definition) is 10. The number of aryl methyl sites for hydroxylation is 1. The van der Waals surface area contributed by atoms with Crippen LogP contribution >= 0.6 is 34.5 Å². The molecule has 204 valence electrons. The van der Waals surface area contributed by atoms with Crippen molar-refractivity contribution >= 4 is 62.8 Å². The zero-order valence-corrected chi connectivity index (χ0v) is 23.2. The van der Waals surface area contributed by atoms with Crippen molar-refractivity contribution in [3.8, 4) is 10.6 Å². The summed E-state index contributed by atoms with van der Waals surface area (Å²) in [5.41, 5.74) is -0.700. The molecule has 38 heavy (non-hydrogen) atoms. The molecule has 0 fully saturated rings. The van der Waals surface area contributed by atoms with E-state index in [0.29, 0.717) is 20.6 Å². The number of esters is 1. The molecule has 2 heterocycles. The van der Waals surface area contributed by atoms with E-state index in [2.05, 4.69) is 15.2 Å². The van der Waals surface area contributed by atoms with Gasteiger partial charge in [-0.1, -0.05) is 34.5 Å². The van der Waals surface area contributed by atoms with E-state index in [1.54, 1.807) is 19.1 Å².